The summed E-state index contributed by atoms with van der Waals surface area (Å²) in [6.45, 7) is 9.29. The van der Waals surface area contributed by atoms with E-state index in [2.05, 4.69) is 6.58 Å². The Balaban J connectivity index is 3.24. The molecule has 0 spiro atoms. The minimum absolute atomic E-state index is 0.240. The van der Waals surface area contributed by atoms with Gasteiger partial charge in [-0.2, -0.15) is 0 Å². The van der Waals surface area contributed by atoms with E-state index in [0.717, 1.165) is 6.07 Å². The summed E-state index contributed by atoms with van der Waals surface area (Å²) in [5.41, 5.74) is 4.37. The van der Waals surface area contributed by atoms with Crippen LogP contribution in [0.1, 0.15) is 31.1 Å². The zero-order valence-corrected chi connectivity index (χ0v) is 11.3. The maximum atomic E-state index is 13.7. The molecule has 104 valence electrons. The van der Waals surface area contributed by atoms with Crippen molar-refractivity contribution >= 4 is 11.6 Å². The molecule has 0 fully saturated rings. The molecule has 0 heterocycles. The van der Waals surface area contributed by atoms with Crippen molar-refractivity contribution in [2.75, 3.05) is 12.3 Å². The van der Waals surface area contributed by atoms with E-state index in [1.54, 1.807) is 6.08 Å². The number of rotatable bonds is 3. The van der Waals surface area contributed by atoms with Crippen LogP contribution in [0.3, 0.4) is 0 Å². The molecule has 3 nitrogen and oxygen atoms in total. The van der Waals surface area contributed by atoms with Gasteiger partial charge in [0.1, 0.15) is 11.6 Å². The summed E-state index contributed by atoms with van der Waals surface area (Å²) >= 11 is 0. The first-order valence-electron chi connectivity index (χ1n) is 5.86. The van der Waals surface area contributed by atoms with E-state index in [9.17, 15) is 13.6 Å². The minimum atomic E-state index is -0.921. The smallest absolute Gasteiger partial charge is 0.257 e. The summed E-state index contributed by atoms with van der Waals surface area (Å²) in [5, 5.41) is 0. The Morgan fingerprint density at radius 2 is 1.95 bits per heavy atom. The van der Waals surface area contributed by atoms with Gasteiger partial charge in [-0.1, -0.05) is 6.08 Å². The second-order valence-corrected chi connectivity index (χ2v) is 5.23. The molecular formula is C14H18F2N2O. The van der Waals surface area contributed by atoms with Crippen LogP contribution in [0.15, 0.2) is 24.8 Å². The fourth-order valence-corrected chi connectivity index (χ4v) is 1.67. The quantitative estimate of drug-likeness (QED) is 0.676. The number of carbonyl (C=O) groups excluding carboxylic acids is 1. The molecule has 0 aliphatic heterocycles. The van der Waals surface area contributed by atoms with E-state index in [0.29, 0.717) is 6.07 Å². The highest BCUT2D eigenvalue weighted by molar-refractivity contribution is 5.96. The molecule has 0 bridgehead atoms. The molecule has 1 aromatic carbocycles. The van der Waals surface area contributed by atoms with E-state index in [1.807, 2.05) is 20.8 Å². The summed E-state index contributed by atoms with van der Waals surface area (Å²) in [7, 11) is 0. The molecule has 0 saturated heterocycles. The van der Waals surface area contributed by atoms with E-state index >= 15 is 0 Å². The van der Waals surface area contributed by atoms with Crippen molar-refractivity contribution in [3.63, 3.8) is 0 Å². The Morgan fingerprint density at radius 3 is 2.42 bits per heavy atom. The average molecular weight is 268 g/mol. The van der Waals surface area contributed by atoms with Gasteiger partial charge in [0.05, 0.1) is 11.3 Å². The number of hydrogen-bond acceptors (Lipinski definition) is 2. The largest absolute Gasteiger partial charge is 0.396 e. The van der Waals surface area contributed by atoms with Crippen LogP contribution in [0.5, 0.6) is 0 Å². The fourth-order valence-electron chi connectivity index (χ4n) is 1.67. The van der Waals surface area contributed by atoms with Crippen molar-refractivity contribution in [1.29, 1.82) is 0 Å². The number of nitrogens with two attached hydrogens (primary N) is 1. The summed E-state index contributed by atoms with van der Waals surface area (Å²) in [5.74, 6) is -2.34. The third-order valence-electron chi connectivity index (χ3n) is 2.68. The van der Waals surface area contributed by atoms with Gasteiger partial charge in [0.25, 0.3) is 5.91 Å². The maximum absolute atomic E-state index is 13.7. The van der Waals surface area contributed by atoms with E-state index in [1.165, 1.54) is 4.90 Å². The second kappa shape index (κ2) is 5.38. The van der Waals surface area contributed by atoms with Gasteiger partial charge in [0.15, 0.2) is 0 Å². The Kier molecular flexibility index (Phi) is 4.29. The Bertz CT molecular complexity index is 507. The van der Waals surface area contributed by atoms with Crippen LogP contribution < -0.4 is 5.73 Å². The third-order valence-corrected chi connectivity index (χ3v) is 2.68. The van der Waals surface area contributed by atoms with E-state index in [-0.39, 0.29) is 17.8 Å². The number of amides is 1. The molecule has 1 aromatic rings. The van der Waals surface area contributed by atoms with Gasteiger partial charge in [-0.05, 0) is 26.8 Å². The number of nitrogens with zero attached hydrogens (tertiary/aromatic N) is 1. The van der Waals surface area contributed by atoms with Crippen molar-refractivity contribution in [2.45, 2.75) is 26.3 Å². The van der Waals surface area contributed by atoms with Crippen molar-refractivity contribution < 1.29 is 13.6 Å². The fraction of sp³-hybridized carbons (Fsp3) is 0.357. The Labute approximate surface area is 111 Å². The van der Waals surface area contributed by atoms with Crippen LogP contribution in [-0.2, 0) is 0 Å². The highest BCUT2D eigenvalue weighted by Gasteiger charge is 2.28. The molecule has 1 amide bonds. The van der Waals surface area contributed by atoms with Crippen molar-refractivity contribution in [3.8, 4) is 0 Å². The number of anilines is 1. The van der Waals surface area contributed by atoms with Gasteiger partial charge in [0, 0.05) is 18.2 Å². The number of benzene rings is 1. The summed E-state index contributed by atoms with van der Waals surface area (Å²) in [4.78, 5) is 13.8. The van der Waals surface area contributed by atoms with Crippen LogP contribution in [-0.4, -0.2) is 22.9 Å². The highest BCUT2D eigenvalue weighted by atomic mass is 19.1. The predicted molar refractivity (Wildman–Crippen MR) is 71.8 cm³/mol. The van der Waals surface area contributed by atoms with E-state index in [4.69, 9.17) is 5.73 Å². The van der Waals surface area contributed by atoms with Gasteiger partial charge >= 0.3 is 0 Å². The lowest BCUT2D eigenvalue weighted by atomic mass is 10.0. The van der Waals surface area contributed by atoms with Gasteiger partial charge in [-0.25, -0.2) is 8.78 Å². The first-order valence-corrected chi connectivity index (χ1v) is 5.86. The third kappa shape index (κ3) is 3.30. The van der Waals surface area contributed by atoms with Gasteiger partial charge < -0.3 is 10.6 Å². The molecule has 0 radical (unpaired) electrons. The number of hydrogen-bond donors (Lipinski definition) is 1. The van der Waals surface area contributed by atoms with Gasteiger partial charge in [0.2, 0.25) is 0 Å². The lowest BCUT2D eigenvalue weighted by molar-refractivity contribution is 0.0612. The molecule has 1 rings (SSSR count). The van der Waals surface area contributed by atoms with Gasteiger partial charge in [-0.3, -0.25) is 4.79 Å². The number of halogens is 2. The maximum Gasteiger partial charge on any atom is 0.257 e. The molecule has 0 aromatic heterocycles. The lowest BCUT2D eigenvalue weighted by Gasteiger charge is -2.35. The monoisotopic (exact) mass is 268 g/mol. The average Bonchev–Trinajstić information content (AvgIpc) is 2.28. The number of carbonyl (C=O) groups is 1. The van der Waals surface area contributed by atoms with Crippen molar-refractivity contribution in [1.82, 2.24) is 4.90 Å². The Morgan fingerprint density at radius 1 is 1.37 bits per heavy atom. The molecule has 5 heteroatoms. The standard InChI is InChI=1S/C14H18F2N2O/c1-5-6-18(14(2,3)4)13(19)9-7-12(17)11(16)8-10(9)15/h5,7-8H,1,6,17H2,2-4H3. The zero-order valence-electron chi connectivity index (χ0n) is 11.3. The van der Waals surface area contributed by atoms with Crippen LogP contribution in [0, 0.1) is 11.6 Å². The normalized spacial score (nSPS) is 11.2. The first kappa shape index (κ1) is 15.1. The SMILES string of the molecule is C=CCN(C(=O)c1cc(N)c(F)cc1F)C(C)(C)C. The molecule has 19 heavy (non-hydrogen) atoms. The van der Waals surface area contributed by atoms with Gasteiger partial charge in [-0.15, -0.1) is 6.58 Å². The van der Waals surface area contributed by atoms with Crippen LogP contribution in [0.4, 0.5) is 14.5 Å². The minimum Gasteiger partial charge on any atom is -0.396 e. The van der Waals surface area contributed by atoms with Crippen LogP contribution >= 0.6 is 0 Å². The molecule has 0 aliphatic carbocycles. The summed E-state index contributed by atoms with van der Waals surface area (Å²) in [6.07, 6.45) is 1.55. The zero-order chi connectivity index (χ0) is 14.8. The Hall–Kier alpha value is -1.91. The molecule has 0 saturated carbocycles. The molecule has 2 N–H and O–H groups in total. The lowest BCUT2D eigenvalue weighted by Crippen LogP contribution is -2.46. The van der Waals surface area contributed by atoms with Crippen LogP contribution in [0.25, 0.3) is 0 Å². The second-order valence-electron chi connectivity index (χ2n) is 5.23. The first-order chi connectivity index (χ1) is 8.68. The van der Waals surface area contributed by atoms with E-state index < -0.39 is 23.1 Å². The highest BCUT2D eigenvalue weighted by Crippen LogP contribution is 2.22. The topological polar surface area (TPSA) is 46.3 Å². The van der Waals surface area contributed by atoms with Crippen molar-refractivity contribution in [2.24, 2.45) is 0 Å². The summed E-state index contributed by atoms with van der Waals surface area (Å²) < 4.78 is 26.8. The molecule has 0 aliphatic rings. The van der Waals surface area contributed by atoms with Crippen molar-refractivity contribution in [3.05, 3.63) is 42.0 Å². The molecule has 0 unspecified atom stereocenters. The molecular weight excluding hydrogens is 250 g/mol. The predicted octanol–water partition coefficient (Wildman–Crippen LogP) is 2.97. The summed E-state index contributed by atoms with van der Waals surface area (Å²) in [6, 6.07) is 1.64. The molecule has 0 atom stereocenters. The van der Waals surface area contributed by atoms with Crippen LogP contribution in [0.2, 0.25) is 0 Å². The number of nitrogen functional groups attached to an aromatic ring is 1.